The van der Waals surface area contributed by atoms with Crippen LogP contribution in [0.3, 0.4) is 0 Å². The van der Waals surface area contributed by atoms with Crippen LogP contribution in [0.2, 0.25) is 0 Å². The highest BCUT2D eigenvalue weighted by Crippen LogP contribution is 2.28. The predicted octanol–water partition coefficient (Wildman–Crippen LogP) is 3.70. The number of pyridine rings is 1. The Bertz CT molecular complexity index is 1090. The van der Waals surface area contributed by atoms with Gasteiger partial charge in [0.15, 0.2) is 0 Å². The number of aliphatic imine (C=N–C) groups is 1. The molecule has 3 heterocycles. The Morgan fingerprint density at radius 2 is 2.10 bits per heavy atom. The molecule has 0 spiro atoms. The number of nitrogens with one attached hydrogen (secondary N) is 1. The second-order valence-electron chi connectivity index (χ2n) is 7.24. The number of hydrogen-bond acceptors (Lipinski definition) is 6. The van der Waals surface area contributed by atoms with Crippen molar-refractivity contribution in [1.82, 2.24) is 10.1 Å². The number of amides is 1. The molecule has 2 aromatic heterocycles. The van der Waals surface area contributed by atoms with Gasteiger partial charge in [-0.3, -0.25) is 9.79 Å². The predicted molar refractivity (Wildman–Crippen MR) is 109 cm³/mol. The van der Waals surface area contributed by atoms with E-state index in [1.54, 1.807) is 12.3 Å². The summed E-state index contributed by atoms with van der Waals surface area (Å²) in [5, 5.41) is 6.60. The third kappa shape index (κ3) is 4.34. The van der Waals surface area contributed by atoms with Gasteiger partial charge in [0.25, 0.3) is 0 Å². The van der Waals surface area contributed by atoms with E-state index in [9.17, 15) is 4.79 Å². The zero-order chi connectivity index (χ0) is 20.4. The van der Waals surface area contributed by atoms with Crippen molar-refractivity contribution in [2.24, 2.45) is 4.99 Å². The molecule has 1 aromatic carbocycles. The normalized spacial score (nSPS) is 12.6. The molecule has 3 aromatic rings. The lowest BCUT2D eigenvalue weighted by atomic mass is 10.0. The standard InChI is InChI=1S/C22H22N4O3/c1-13(2)28-17-5-4-16-12-24-22(19(16)10-17)15-6-7-23-20(9-15)25-21(27)11-18-8-14(3)26-29-18/h4-10,13H,11-12H2,1-3H3,(H,23,25,27). The number of hydrogen-bond donors (Lipinski definition) is 1. The molecule has 0 saturated heterocycles. The lowest BCUT2D eigenvalue weighted by Gasteiger charge is -2.12. The minimum absolute atomic E-state index is 0.103. The summed E-state index contributed by atoms with van der Waals surface area (Å²) in [6, 6.07) is 11.5. The summed E-state index contributed by atoms with van der Waals surface area (Å²) in [6.07, 6.45) is 1.87. The Kier molecular flexibility index (Phi) is 5.12. The van der Waals surface area contributed by atoms with Crippen LogP contribution in [0, 0.1) is 6.92 Å². The van der Waals surface area contributed by atoms with Crippen LogP contribution >= 0.6 is 0 Å². The first kappa shape index (κ1) is 18.9. The van der Waals surface area contributed by atoms with Gasteiger partial charge in [0.2, 0.25) is 5.91 Å². The van der Waals surface area contributed by atoms with Crippen LogP contribution in [0.4, 0.5) is 5.82 Å². The summed E-state index contributed by atoms with van der Waals surface area (Å²) in [4.78, 5) is 21.2. The first-order valence-corrected chi connectivity index (χ1v) is 9.51. The number of benzene rings is 1. The van der Waals surface area contributed by atoms with Crippen LogP contribution in [-0.4, -0.2) is 27.9 Å². The smallest absolute Gasteiger partial charge is 0.233 e. The molecular weight excluding hydrogens is 368 g/mol. The molecule has 0 aliphatic carbocycles. The molecule has 148 valence electrons. The van der Waals surface area contributed by atoms with E-state index in [1.165, 1.54) is 0 Å². The number of aromatic nitrogens is 2. The van der Waals surface area contributed by atoms with Crippen LogP contribution in [-0.2, 0) is 17.8 Å². The van der Waals surface area contributed by atoms with Crippen molar-refractivity contribution in [2.75, 3.05) is 5.32 Å². The zero-order valence-electron chi connectivity index (χ0n) is 16.6. The van der Waals surface area contributed by atoms with Crippen molar-refractivity contribution in [3.8, 4) is 5.75 Å². The molecule has 1 amide bonds. The van der Waals surface area contributed by atoms with E-state index in [1.807, 2.05) is 51.1 Å². The SMILES string of the molecule is Cc1cc(CC(=O)Nc2cc(C3=NCc4ccc(OC(C)C)cc43)ccn2)on1. The second-order valence-corrected chi connectivity index (χ2v) is 7.24. The number of carbonyl (C=O) groups excluding carboxylic acids is 1. The molecule has 0 radical (unpaired) electrons. The molecule has 1 aliphatic rings. The number of rotatable bonds is 6. The van der Waals surface area contributed by atoms with E-state index in [-0.39, 0.29) is 18.4 Å². The summed E-state index contributed by atoms with van der Waals surface area (Å²) >= 11 is 0. The van der Waals surface area contributed by atoms with Crippen molar-refractivity contribution in [3.05, 3.63) is 70.7 Å². The lowest BCUT2D eigenvalue weighted by Crippen LogP contribution is -2.15. The van der Waals surface area contributed by atoms with Crippen LogP contribution in [0.1, 0.15) is 42.0 Å². The summed E-state index contributed by atoms with van der Waals surface area (Å²) in [5.41, 5.74) is 4.71. The minimum atomic E-state index is -0.216. The van der Waals surface area contributed by atoms with Gasteiger partial charge in [0, 0.05) is 23.4 Å². The van der Waals surface area contributed by atoms with Crippen LogP contribution < -0.4 is 10.1 Å². The number of anilines is 1. The Morgan fingerprint density at radius 1 is 1.24 bits per heavy atom. The fourth-order valence-corrected chi connectivity index (χ4v) is 3.25. The molecule has 0 bridgehead atoms. The molecule has 0 atom stereocenters. The van der Waals surface area contributed by atoms with E-state index in [2.05, 4.69) is 20.4 Å². The molecule has 7 nitrogen and oxygen atoms in total. The largest absolute Gasteiger partial charge is 0.491 e. The Labute approximate surface area is 168 Å². The van der Waals surface area contributed by atoms with Gasteiger partial charge < -0.3 is 14.6 Å². The van der Waals surface area contributed by atoms with Gasteiger partial charge in [-0.25, -0.2) is 4.98 Å². The van der Waals surface area contributed by atoms with Crippen LogP contribution in [0.5, 0.6) is 5.75 Å². The average molecular weight is 390 g/mol. The first-order valence-electron chi connectivity index (χ1n) is 9.51. The second kappa shape index (κ2) is 7.87. The molecule has 4 rings (SSSR count). The van der Waals surface area contributed by atoms with Crippen molar-refractivity contribution in [1.29, 1.82) is 0 Å². The summed E-state index contributed by atoms with van der Waals surface area (Å²) in [7, 11) is 0. The Balaban J connectivity index is 1.52. The molecule has 1 aliphatic heterocycles. The molecular formula is C22H22N4O3. The quantitative estimate of drug-likeness (QED) is 0.693. The maximum absolute atomic E-state index is 12.3. The van der Waals surface area contributed by atoms with Gasteiger partial charge >= 0.3 is 0 Å². The van der Waals surface area contributed by atoms with E-state index in [0.717, 1.165) is 33.8 Å². The average Bonchev–Trinajstić information content (AvgIpc) is 3.27. The maximum Gasteiger partial charge on any atom is 0.233 e. The van der Waals surface area contributed by atoms with Gasteiger partial charge in [-0.1, -0.05) is 11.2 Å². The molecule has 0 saturated carbocycles. The lowest BCUT2D eigenvalue weighted by molar-refractivity contribution is -0.115. The Morgan fingerprint density at radius 3 is 2.86 bits per heavy atom. The molecule has 7 heteroatoms. The molecule has 1 N–H and O–H groups in total. The summed E-state index contributed by atoms with van der Waals surface area (Å²) in [5.74, 6) is 1.59. The molecule has 0 fully saturated rings. The van der Waals surface area contributed by atoms with Gasteiger partial charge in [-0.2, -0.15) is 0 Å². The van der Waals surface area contributed by atoms with Gasteiger partial charge in [0.05, 0.1) is 30.5 Å². The highest BCUT2D eigenvalue weighted by Gasteiger charge is 2.19. The third-order valence-corrected chi connectivity index (χ3v) is 4.43. The number of fused-ring (bicyclic) bond motifs is 1. The summed E-state index contributed by atoms with van der Waals surface area (Å²) in [6.45, 7) is 6.44. The van der Waals surface area contributed by atoms with Crippen molar-refractivity contribution in [2.45, 2.75) is 39.8 Å². The molecule has 29 heavy (non-hydrogen) atoms. The monoisotopic (exact) mass is 390 g/mol. The van der Waals surface area contributed by atoms with Gasteiger partial charge in [-0.05, 0) is 50.6 Å². The van der Waals surface area contributed by atoms with E-state index >= 15 is 0 Å². The highest BCUT2D eigenvalue weighted by molar-refractivity contribution is 6.15. The summed E-state index contributed by atoms with van der Waals surface area (Å²) < 4.78 is 10.9. The Hall–Kier alpha value is -3.48. The number of nitrogens with zero attached hydrogens (tertiary/aromatic N) is 3. The van der Waals surface area contributed by atoms with Crippen LogP contribution in [0.25, 0.3) is 0 Å². The topological polar surface area (TPSA) is 89.6 Å². The minimum Gasteiger partial charge on any atom is -0.491 e. The number of aryl methyl sites for hydroxylation is 1. The highest BCUT2D eigenvalue weighted by atomic mass is 16.5. The van der Waals surface area contributed by atoms with Crippen molar-refractivity contribution >= 4 is 17.4 Å². The van der Waals surface area contributed by atoms with Crippen molar-refractivity contribution < 1.29 is 14.1 Å². The molecule has 0 unspecified atom stereocenters. The maximum atomic E-state index is 12.3. The number of ether oxygens (including phenoxy) is 1. The van der Waals surface area contributed by atoms with E-state index in [4.69, 9.17) is 9.26 Å². The fraction of sp³-hybridized carbons (Fsp3) is 0.273. The van der Waals surface area contributed by atoms with Crippen molar-refractivity contribution in [3.63, 3.8) is 0 Å². The third-order valence-electron chi connectivity index (χ3n) is 4.43. The zero-order valence-corrected chi connectivity index (χ0v) is 16.6. The van der Waals surface area contributed by atoms with Crippen LogP contribution in [0.15, 0.2) is 52.1 Å². The van der Waals surface area contributed by atoms with E-state index in [0.29, 0.717) is 18.1 Å². The van der Waals surface area contributed by atoms with Gasteiger partial charge in [0.1, 0.15) is 17.3 Å². The first-order chi connectivity index (χ1) is 14.0. The number of carbonyl (C=O) groups is 1. The van der Waals surface area contributed by atoms with Gasteiger partial charge in [-0.15, -0.1) is 0 Å². The fourth-order valence-electron chi connectivity index (χ4n) is 3.25. The van der Waals surface area contributed by atoms with E-state index < -0.39 is 0 Å².